The summed E-state index contributed by atoms with van der Waals surface area (Å²) in [5.41, 5.74) is 1.92. The Morgan fingerprint density at radius 1 is 1.29 bits per heavy atom. The number of rotatable bonds is 3. The minimum Gasteiger partial charge on any atom is -0.478 e. The van der Waals surface area contributed by atoms with Gasteiger partial charge in [-0.25, -0.2) is 4.79 Å². The number of allylic oxidation sites excluding steroid dienone is 1. The molecule has 0 amide bonds. The van der Waals surface area contributed by atoms with Crippen molar-refractivity contribution in [2.24, 2.45) is 5.92 Å². The van der Waals surface area contributed by atoms with E-state index in [1.54, 1.807) is 18.2 Å². The van der Waals surface area contributed by atoms with Crippen LogP contribution in [0, 0.1) is 5.92 Å². The minimum absolute atomic E-state index is 0.260. The molecule has 0 aliphatic heterocycles. The average molecular weight is 190 g/mol. The summed E-state index contributed by atoms with van der Waals surface area (Å²) in [5, 5.41) is 8.96. The molecule has 0 fully saturated rings. The van der Waals surface area contributed by atoms with E-state index in [9.17, 15) is 4.79 Å². The van der Waals surface area contributed by atoms with Gasteiger partial charge >= 0.3 is 5.97 Å². The van der Waals surface area contributed by atoms with Crippen LogP contribution in [0.15, 0.2) is 30.8 Å². The van der Waals surface area contributed by atoms with Crippen molar-refractivity contribution in [2.45, 2.75) is 13.8 Å². The molecule has 0 saturated heterocycles. The Bertz CT molecular complexity index is 364. The Labute approximate surface area is 83.9 Å². The molecule has 0 aliphatic rings. The smallest absolute Gasteiger partial charge is 0.336 e. The molecular formula is C12H14O2. The predicted molar refractivity (Wildman–Crippen MR) is 57.3 cm³/mol. The molecule has 1 N–H and O–H groups in total. The van der Waals surface area contributed by atoms with Crippen molar-refractivity contribution >= 4 is 11.5 Å². The van der Waals surface area contributed by atoms with E-state index < -0.39 is 5.97 Å². The highest BCUT2D eigenvalue weighted by atomic mass is 16.4. The summed E-state index contributed by atoms with van der Waals surface area (Å²) in [6.45, 7) is 7.91. The van der Waals surface area contributed by atoms with Gasteiger partial charge in [-0.15, -0.1) is 0 Å². The van der Waals surface area contributed by atoms with Gasteiger partial charge in [0.2, 0.25) is 0 Å². The number of carboxylic acid groups (broad SMARTS) is 1. The minimum atomic E-state index is -0.901. The monoisotopic (exact) mass is 190 g/mol. The number of hydrogen-bond acceptors (Lipinski definition) is 1. The van der Waals surface area contributed by atoms with Crippen LogP contribution in [0.25, 0.3) is 5.57 Å². The fourth-order valence-electron chi connectivity index (χ4n) is 1.26. The molecule has 0 heterocycles. The van der Waals surface area contributed by atoms with E-state index in [4.69, 9.17) is 5.11 Å². The number of aromatic carboxylic acids is 1. The first-order valence-electron chi connectivity index (χ1n) is 4.55. The summed E-state index contributed by atoms with van der Waals surface area (Å²) in [4.78, 5) is 10.9. The summed E-state index contributed by atoms with van der Waals surface area (Å²) >= 11 is 0. The fourth-order valence-corrected chi connectivity index (χ4v) is 1.26. The zero-order chi connectivity index (χ0) is 10.7. The van der Waals surface area contributed by atoms with E-state index >= 15 is 0 Å². The average Bonchev–Trinajstić information content (AvgIpc) is 2.16. The van der Waals surface area contributed by atoms with Gasteiger partial charge in [-0.3, -0.25) is 0 Å². The second-order valence-corrected chi connectivity index (χ2v) is 3.53. The lowest BCUT2D eigenvalue weighted by atomic mass is 9.93. The van der Waals surface area contributed by atoms with Gasteiger partial charge in [-0.2, -0.15) is 0 Å². The van der Waals surface area contributed by atoms with Crippen molar-refractivity contribution in [3.8, 4) is 0 Å². The molecule has 0 saturated carbocycles. The topological polar surface area (TPSA) is 37.3 Å². The molecule has 2 heteroatoms. The van der Waals surface area contributed by atoms with Crippen LogP contribution in [-0.2, 0) is 0 Å². The molecule has 1 aromatic carbocycles. The first kappa shape index (κ1) is 10.5. The normalized spacial score (nSPS) is 10.2. The summed E-state index contributed by atoms with van der Waals surface area (Å²) in [7, 11) is 0. The predicted octanol–water partition coefficient (Wildman–Crippen LogP) is 3.05. The second kappa shape index (κ2) is 4.09. The lowest BCUT2D eigenvalue weighted by molar-refractivity contribution is 0.0696. The zero-order valence-corrected chi connectivity index (χ0v) is 8.45. The highest BCUT2D eigenvalue weighted by Crippen LogP contribution is 2.24. The van der Waals surface area contributed by atoms with E-state index in [-0.39, 0.29) is 5.92 Å². The second-order valence-electron chi connectivity index (χ2n) is 3.53. The van der Waals surface area contributed by atoms with Crippen LogP contribution in [0.5, 0.6) is 0 Å². The molecule has 0 bridgehead atoms. The maximum Gasteiger partial charge on any atom is 0.336 e. The maximum absolute atomic E-state index is 10.9. The number of carboxylic acids is 1. The van der Waals surface area contributed by atoms with Crippen LogP contribution < -0.4 is 0 Å². The molecule has 14 heavy (non-hydrogen) atoms. The van der Waals surface area contributed by atoms with Gasteiger partial charge in [0.15, 0.2) is 0 Å². The largest absolute Gasteiger partial charge is 0.478 e. The molecule has 1 aromatic rings. The Morgan fingerprint density at radius 3 is 2.21 bits per heavy atom. The van der Waals surface area contributed by atoms with Crippen molar-refractivity contribution in [3.05, 3.63) is 42.0 Å². The van der Waals surface area contributed by atoms with E-state index in [1.807, 2.05) is 19.9 Å². The van der Waals surface area contributed by atoms with Gasteiger partial charge in [-0.05, 0) is 23.1 Å². The van der Waals surface area contributed by atoms with Crippen molar-refractivity contribution in [3.63, 3.8) is 0 Å². The molecule has 0 aromatic heterocycles. The zero-order valence-electron chi connectivity index (χ0n) is 8.45. The first-order valence-corrected chi connectivity index (χ1v) is 4.55. The van der Waals surface area contributed by atoms with Gasteiger partial charge in [0, 0.05) is 0 Å². The third-order valence-electron chi connectivity index (χ3n) is 2.20. The standard InChI is InChI=1S/C12H14O2/c1-8(2)9(3)10-6-4-5-7-11(10)12(13)14/h4-8H,3H2,1-2H3,(H,13,14). The van der Waals surface area contributed by atoms with Crippen molar-refractivity contribution in [1.29, 1.82) is 0 Å². The third kappa shape index (κ3) is 2.02. The van der Waals surface area contributed by atoms with Gasteiger partial charge in [0.25, 0.3) is 0 Å². The highest BCUT2D eigenvalue weighted by molar-refractivity contribution is 5.94. The van der Waals surface area contributed by atoms with E-state index in [0.29, 0.717) is 5.56 Å². The summed E-state index contributed by atoms with van der Waals surface area (Å²) < 4.78 is 0. The summed E-state index contributed by atoms with van der Waals surface area (Å²) in [5.74, 6) is -0.641. The van der Waals surface area contributed by atoms with Crippen LogP contribution in [0.1, 0.15) is 29.8 Å². The van der Waals surface area contributed by atoms with Crippen LogP contribution in [0.4, 0.5) is 0 Å². The number of benzene rings is 1. The summed E-state index contributed by atoms with van der Waals surface area (Å²) in [6, 6.07) is 6.95. The van der Waals surface area contributed by atoms with E-state index in [2.05, 4.69) is 6.58 Å². The Kier molecular flexibility index (Phi) is 3.07. The van der Waals surface area contributed by atoms with Crippen molar-refractivity contribution in [1.82, 2.24) is 0 Å². The molecule has 74 valence electrons. The lowest BCUT2D eigenvalue weighted by Gasteiger charge is -2.11. The van der Waals surface area contributed by atoms with Gasteiger partial charge in [-0.1, -0.05) is 38.6 Å². The quantitative estimate of drug-likeness (QED) is 0.795. The van der Waals surface area contributed by atoms with Crippen LogP contribution in [0.3, 0.4) is 0 Å². The SMILES string of the molecule is C=C(c1ccccc1C(=O)O)C(C)C. The lowest BCUT2D eigenvalue weighted by Crippen LogP contribution is -2.03. The molecule has 0 radical (unpaired) electrons. The molecule has 0 unspecified atom stereocenters. The molecule has 0 atom stereocenters. The van der Waals surface area contributed by atoms with Crippen LogP contribution in [0.2, 0.25) is 0 Å². The fraction of sp³-hybridized carbons (Fsp3) is 0.250. The Balaban J connectivity index is 3.20. The van der Waals surface area contributed by atoms with Gasteiger partial charge in [0.05, 0.1) is 5.56 Å². The van der Waals surface area contributed by atoms with Crippen molar-refractivity contribution in [2.75, 3.05) is 0 Å². The van der Waals surface area contributed by atoms with E-state index in [1.165, 1.54) is 0 Å². The highest BCUT2D eigenvalue weighted by Gasteiger charge is 2.12. The molecular weight excluding hydrogens is 176 g/mol. The third-order valence-corrected chi connectivity index (χ3v) is 2.20. The maximum atomic E-state index is 10.9. The molecule has 2 nitrogen and oxygen atoms in total. The van der Waals surface area contributed by atoms with E-state index in [0.717, 1.165) is 11.1 Å². The van der Waals surface area contributed by atoms with Gasteiger partial charge < -0.3 is 5.11 Å². The van der Waals surface area contributed by atoms with Gasteiger partial charge in [0.1, 0.15) is 0 Å². The summed E-state index contributed by atoms with van der Waals surface area (Å²) in [6.07, 6.45) is 0. The first-order chi connectivity index (χ1) is 6.54. The number of carbonyl (C=O) groups is 1. The number of hydrogen-bond donors (Lipinski definition) is 1. The molecule has 0 spiro atoms. The molecule has 0 aliphatic carbocycles. The Hall–Kier alpha value is -1.57. The van der Waals surface area contributed by atoms with Crippen LogP contribution >= 0.6 is 0 Å². The van der Waals surface area contributed by atoms with Crippen LogP contribution in [-0.4, -0.2) is 11.1 Å². The van der Waals surface area contributed by atoms with Crippen molar-refractivity contribution < 1.29 is 9.90 Å². The Morgan fingerprint density at radius 2 is 1.79 bits per heavy atom. The molecule has 1 rings (SSSR count).